The van der Waals surface area contributed by atoms with Gasteiger partial charge >= 0.3 is 6.18 Å². The molecular weight excluding hydrogens is 324 g/mol. The van der Waals surface area contributed by atoms with E-state index in [-0.39, 0.29) is 18.0 Å². The minimum Gasteiger partial charge on any atom is -0.325 e. The molecule has 0 radical (unpaired) electrons. The van der Waals surface area contributed by atoms with Crippen LogP contribution in [0.15, 0.2) is 48.5 Å². The fourth-order valence-electron chi connectivity index (χ4n) is 2.22. The van der Waals surface area contributed by atoms with Crippen LogP contribution in [0, 0.1) is 5.82 Å². The van der Waals surface area contributed by atoms with E-state index in [0.29, 0.717) is 12.1 Å². The number of carbonyl (C=O) groups is 1. The van der Waals surface area contributed by atoms with Gasteiger partial charge in [-0.1, -0.05) is 18.2 Å². The zero-order chi connectivity index (χ0) is 17.7. The number of hydrogen-bond donors (Lipinski definition) is 1. The molecule has 128 valence electrons. The summed E-state index contributed by atoms with van der Waals surface area (Å²) < 4.78 is 51.0. The highest BCUT2D eigenvalue weighted by Gasteiger charge is 2.30. The van der Waals surface area contributed by atoms with Gasteiger partial charge in [-0.2, -0.15) is 13.2 Å². The van der Waals surface area contributed by atoms with Crippen LogP contribution in [0.3, 0.4) is 0 Å². The van der Waals surface area contributed by atoms with Crippen LogP contribution in [0.1, 0.15) is 11.1 Å². The van der Waals surface area contributed by atoms with Crippen LogP contribution < -0.4 is 5.32 Å². The Labute approximate surface area is 136 Å². The quantitative estimate of drug-likeness (QED) is 0.837. The number of nitrogens with zero attached hydrogens (tertiary/aromatic N) is 1. The van der Waals surface area contributed by atoms with Crippen LogP contribution in [-0.2, 0) is 17.5 Å². The van der Waals surface area contributed by atoms with E-state index < -0.39 is 17.6 Å². The van der Waals surface area contributed by atoms with Crippen molar-refractivity contribution in [2.45, 2.75) is 12.7 Å². The van der Waals surface area contributed by atoms with E-state index in [9.17, 15) is 22.4 Å². The van der Waals surface area contributed by atoms with E-state index >= 15 is 0 Å². The molecule has 0 unspecified atom stereocenters. The summed E-state index contributed by atoms with van der Waals surface area (Å²) in [6, 6.07) is 10.4. The molecule has 0 heterocycles. The van der Waals surface area contributed by atoms with Gasteiger partial charge in [-0.25, -0.2) is 4.39 Å². The van der Waals surface area contributed by atoms with Crippen LogP contribution in [0.2, 0.25) is 0 Å². The standard InChI is InChI=1S/C17H16F4N2O/c1-23(10-12-4-2-6-14(18)8-12)11-16(24)22-15-7-3-5-13(9-15)17(19,20)21/h2-9H,10-11H2,1H3,(H,22,24). The predicted molar refractivity (Wildman–Crippen MR) is 82.8 cm³/mol. The Morgan fingerprint density at radius 3 is 2.50 bits per heavy atom. The minimum atomic E-state index is -4.46. The lowest BCUT2D eigenvalue weighted by molar-refractivity contribution is -0.137. The van der Waals surface area contributed by atoms with Gasteiger partial charge in [0.15, 0.2) is 0 Å². The monoisotopic (exact) mass is 340 g/mol. The Kier molecular flexibility index (Phi) is 5.56. The van der Waals surface area contributed by atoms with Crippen molar-refractivity contribution in [1.82, 2.24) is 4.90 Å². The topological polar surface area (TPSA) is 32.3 Å². The normalized spacial score (nSPS) is 11.6. The second-order valence-corrected chi connectivity index (χ2v) is 5.43. The minimum absolute atomic E-state index is 0.0350. The second-order valence-electron chi connectivity index (χ2n) is 5.43. The molecule has 0 atom stereocenters. The van der Waals surface area contributed by atoms with Crippen molar-refractivity contribution in [1.29, 1.82) is 0 Å². The first-order chi connectivity index (χ1) is 11.2. The molecule has 0 saturated carbocycles. The first kappa shape index (κ1) is 17.9. The Balaban J connectivity index is 1.93. The maximum absolute atomic E-state index is 13.1. The van der Waals surface area contributed by atoms with Gasteiger partial charge in [0.25, 0.3) is 0 Å². The maximum Gasteiger partial charge on any atom is 0.416 e. The zero-order valence-corrected chi connectivity index (χ0v) is 12.9. The number of nitrogens with one attached hydrogen (secondary N) is 1. The summed E-state index contributed by atoms with van der Waals surface area (Å²) in [5.41, 5.74) is -0.0493. The van der Waals surface area contributed by atoms with Crippen LogP contribution >= 0.6 is 0 Å². The molecule has 0 spiro atoms. The van der Waals surface area contributed by atoms with Gasteiger partial charge in [-0.3, -0.25) is 9.69 Å². The van der Waals surface area contributed by atoms with Crippen molar-refractivity contribution >= 4 is 11.6 Å². The highest BCUT2D eigenvalue weighted by atomic mass is 19.4. The molecule has 0 fully saturated rings. The molecule has 0 aromatic heterocycles. The average Bonchev–Trinajstić information content (AvgIpc) is 2.46. The van der Waals surface area contributed by atoms with Crippen molar-refractivity contribution < 1.29 is 22.4 Å². The molecule has 0 aliphatic rings. The van der Waals surface area contributed by atoms with Crippen LogP contribution in [0.25, 0.3) is 0 Å². The van der Waals surface area contributed by atoms with E-state index in [1.165, 1.54) is 24.3 Å². The molecule has 0 aliphatic carbocycles. The van der Waals surface area contributed by atoms with E-state index in [0.717, 1.165) is 12.1 Å². The third-order valence-corrected chi connectivity index (χ3v) is 3.23. The van der Waals surface area contributed by atoms with Gasteiger partial charge in [-0.05, 0) is 42.9 Å². The largest absolute Gasteiger partial charge is 0.416 e. The lowest BCUT2D eigenvalue weighted by Gasteiger charge is -2.17. The van der Waals surface area contributed by atoms with E-state index in [2.05, 4.69) is 5.32 Å². The molecule has 2 aromatic carbocycles. The molecule has 0 bridgehead atoms. The van der Waals surface area contributed by atoms with Gasteiger partial charge in [0, 0.05) is 12.2 Å². The van der Waals surface area contributed by atoms with E-state index in [1.807, 2.05) is 0 Å². The van der Waals surface area contributed by atoms with Gasteiger partial charge < -0.3 is 5.32 Å². The summed E-state index contributed by atoms with van der Waals surface area (Å²) >= 11 is 0. The molecule has 1 N–H and O–H groups in total. The smallest absolute Gasteiger partial charge is 0.325 e. The zero-order valence-electron chi connectivity index (χ0n) is 12.9. The van der Waals surface area contributed by atoms with Crippen molar-refractivity contribution in [3.05, 3.63) is 65.5 Å². The molecule has 2 rings (SSSR count). The molecule has 0 aliphatic heterocycles. The number of amides is 1. The van der Waals surface area contributed by atoms with Crippen molar-refractivity contribution in [3.8, 4) is 0 Å². The Hall–Kier alpha value is -2.41. The molecule has 3 nitrogen and oxygen atoms in total. The lowest BCUT2D eigenvalue weighted by atomic mass is 10.2. The number of anilines is 1. The summed E-state index contributed by atoms with van der Waals surface area (Å²) in [6.45, 7) is 0.306. The number of benzene rings is 2. The van der Waals surface area contributed by atoms with Crippen molar-refractivity contribution in [3.63, 3.8) is 0 Å². The van der Waals surface area contributed by atoms with E-state index in [1.54, 1.807) is 24.1 Å². The fraction of sp³-hybridized carbons (Fsp3) is 0.235. The number of hydrogen-bond acceptors (Lipinski definition) is 2. The number of rotatable bonds is 5. The first-order valence-corrected chi connectivity index (χ1v) is 7.14. The first-order valence-electron chi connectivity index (χ1n) is 7.14. The highest BCUT2D eigenvalue weighted by Crippen LogP contribution is 2.30. The van der Waals surface area contributed by atoms with Gasteiger partial charge in [-0.15, -0.1) is 0 Å². The van der Waals surface area contributed by atoms with Crippen LogP contribution in [0.5, 0.6) is 0 Å². The number of likely N-dealkylation sites (N-methyl/N-ethyl adjacent to an activating group) is 1. The van der Waals surface area contributed by atoms with Gasteiger partial charge in [0.1, 0.15) is 5.82 Å². The third kappa shape index (κ3) is 5.34. The van der Waals surface area contributed by atoms with Gasteiger partial charge in [0.05, 0.1) is 12.1 Å². The molecular formula is C17H16F4N2O. The van der Waals surface area contributed by atoms with Crippen molar-refractivity contribution in [2.75, 3.05) is 18.9 Å². The number of carbonyl (C=O) groups excluding carboxylic acids is 1. The second kappa shape index (κ2) is 7.44. The summed E-state index contributed by atoms with van der Waals surface area (Å²) in [7, 11) is 1.66. The third-order valence-electron chi connectivity index (χ3n) is 3.23. The summed E-state index contributed by atoms with van der Waals surface area (Å²) in [5.74, 6) is -0.817. The number of alkyl halides is 3. The Morgan fingerprint density at radius 1 is 1.12 bits per heavy atom. The fourth-order valence-corrected chi connectivity index (χ4v) is 2.22. The summed E-state index contributed by atoms with van der Waals surface area (Å²) in [6.07, 6.45) is -4.46. The lowest BCUT2D eigenvalue weighted by Crippen LogP contribution is -2.29. The molecule has 2 aromatic rings. The molecule has 24 heavy (non-hydrogen) atoms. The van der Waals surface area contributed by atoms with Crippen molar-refractivity contribution in [2.24, 2.45) is 0 Å². The predicted octanol–water partition coefficient (Wildman–Crippen LogP) is 3.92. The highest BCUT2D eigenvalue weighted by molar-refractivity contribution is 5.92. The molecule has 0 saturated heterocycles. The Morgan fingerprint density at radius 2 is 1.83 bits per heavy atom. The van der Waals surface area contributed by atoms with Gasteiger partial charge in [0.2, 0.25) is 5.91 Å². The van der Waals surface area contributed by atoms with Crippen LogP contribution in [-0.4, -0.2) is 24.4 Å². The Bertz CT molecular complexity index is 716. The van der Waals surface area contributed by atoms with E-state index in [4.69, 9.17) is 0 Å². The number of halogens is 4. The maximum atomic E-state index is 13.1. The molecule has 7 heteroatoms. The summed E-state index contributed by atoms with van der Waals surface area (Å²) in [4.78, 5) is 13.6. The SMILES string of the molecule is CN(CC(=O)Nc1cccc(C(F)(F)F)c1)Cc1cccc(F)c1. The molecule has 1 amide bonds. The van der Waals surface area contributed by atoms with Crippen LogP contribution in [0.4, 0.5) is 23.2 Å². The average molecular weight is 340 g/mol. The summed E-state index contributed by atoms with van der Waals surface area (Å²) in [5, 5.41) is 2.43.